The second-order valence-corrected chi connectivity index (χ2v) is 8.30. The summed E-state index contributed by atoms with van der Waals surface area (Å²) in [5, 5.41) is 0. The molecule has 3 aromatic rings. The zero-order chi connectivity index (χ0) is 21.8. The van der Waals surface area contributed by atoms with Crippen LogP contribution >= 0.6 is 0 Å². The van der Waals surface area contributed by atoms with E-state index in [-0.39, 0.29) is 17.9 Å². The third-order valence-corrected chi connectivity index (χ3v) is 6.06. The summed E-state index contributed by atoms with van der Waals surface area (Å²) in [6, 6.07) is 19.1. The Hall–Kier alpha value is -3.47. The number of nitrogens with two attached hydrogens (primary N) is 1. The molecule has 2 atom stereocenters. The molecule has 0 radical (unpaired) electrons. The Morgan fingerprint density at radius 1 is 1.19 bits per heavy atom. The summed E-state index contributed by atoms with van der Waals surface area (Å²) in [4.78, 5) is 21.7. The normalized spacial score (nSPS) is 18.3. The number of benzene rings is 2. The average molecular weight is 413 g/mol. The molecule has 31 heavy (non-hydrogen) atoms. The van der Waals surface area contributed by atoms with Crippen molar-refractivity contribution in [2.75, 3.05) is 7.05 Å². The molecule has 0 saturated carbocycles. The number of aromatic nitrogens is 1. The van der Waals surface area contributed by atoms with E-state index in [1.54, 1.807) is 13.2 Å². The maximum absolute atomic E-state index is 11.2. The third-order valence-electron chi connectivity index (χ3n) is 6.06. The molecule has 1 heterocycles. The van der Waals surface area contributed by atoms with E-state index >= 15 is 0 Å². The molecule has 5 heteroatoms. The Kier molecular flexibility index (Phi) is 6.12. The molecule has 0 spiro atoms. The van der Waals surface area contributed by atoms with Crippen LogP contribution < -0.4 is 5.73 Å². The van der Waals surface area contributed by atoms with Crippen molar-refractivity contribution >= 4 is 12.4 Å². The lowest BCUT2D eigenvalue weighted by Crippen LogP contribution is -2.34. The number of nitrogens with zero attached hydrogens (tertiary/aromatic N) is 3. The van der Waals surface area contributed by atoms with Gasteiger partial charge in [-0.05, 0) is 72.1 Å². The summed E-state index contributed by atoms with van der Waals surface area (Å²) in [5.74, 6) is 0.521. The van der Waals surface area contributed by atoms with Crippen LogP contribution in [0.1, 0.15) is 34.7 Å². The van der Waals surface area contributed by atoms with E-state index in [1.807, 2.05) is 12.3 Å². The molecular weight excluding hydrogens is 384 g/mol. The Labute approximate surface area is 183 Å². The maximum Gasteiger partial charge on any atom is 0.216 e. The van der Waals surface area contributed by atoms with Gasteiger partial charge in [0.05, 0.1) is 6.04 Å². The fraction of sp³-hybridized carbons (Fsp3) is 0.269. The number of guanidine groups is 1. The number of aryl methyl sites for hydroxylation is 2. The van der Waals surface area contributed by atoms with Gasteiger partial charge in [-0.1, -0.05) is 48.0 Å². The lowest BCUT2D eigenvalue weighted by Gasteiger charge is -2.32. The number of carbonyl (C=O) groups is 1. The van der Waals surface area contributed by atoms with Crippen molar-refractivity contribution in [2.45, 2.75) is 32.2 Å². The van der Waals surface area contributed by atoms with E-state index in [4.69, 9.17) is 10.7 Å². The number of amides is 1. The molecule has 0 bridgehead atoms. The van der Waals surface area contributed by atoms with Crippen LogP contribution in [-0.4, -0.2) is 29.3 Å². The molecule has 158 valence electrons. The summed E-state index contributed by atoms with van der Waals surface area (Å²) in [6.45, 7) is 2.11. The van der Waals surface area contributed by atoms with Crippen molar-refractivity contribution in [3.05, 3.63) is 89.2 Å². The first kappa shape index (κ1) is 20.8. The van der Waals surface area contributed by atoms with Crippen LogP contribution in [0.3, 0.4) is 0 Å². The first-order valence-electron chi connectivity index (χ1n) is 10.7. The van der Waals surface area contributed by atoms with Gasteiger partial charge in [0.25, 0.3) is 0 Å². The van der Waals surface area contributed by atoms with Crippen molar-refractivity contribution in [2.24, 2.45) is 16.6 Å². The minimum absolute atomic E-state index is 0.115. The number of hydrogen-bond acceptors (Lipinski definition) is 3. The van der Waals surface area contributed by atoms with Crippen LogP contribution in [0, 0.1) is 12.8 Å². The summed E-state index contributed by atoms with van der Waals surface area (Å²) < 4.78 is 0. The number of fused-ring (bicyclic) bond motifs is 1. The second kappa shape index (κ2) is 9.13. The molecule has 4 rings (SSSR count). The Morgan fingerprint density at radius 3 is 2.77 bits per heavy atom. The van der Waals surface area contributed by atoms with E-state index in [1.165, 1.54) is 38.3 Å². The van der Waals surface area contributed by atoms with Gasteiger partial charge < -0.3 is 5.73 Å². The second-order valence-electron chi connectivity index (χ2n) is 8.30. The molecule has 1 amide bonds. The van der Waals surface area contributed by atoms with Crippen molar-refractivity contribution in [1.29, 1.82) is 0 Å². The van der Waals surface area contributed by atoms with Gasteiger partial charge in [0.1, 0.15) is 0 Å². The van der Waals surface area contributed by atoms with E-state index in [0.717, 1.165) is 19.3 Å². The Balaban J connectivity index is 1.76. The minimum Gasteiger partial charge on any atom is -0.369 e. The fourth-order valence-electron chi connectivity index (χ4n) is 4.35. The van der Waals surface area contributed by atoms with Crippen molar-refractivity contribution < 1.29 is 4.79 Å². The molecule has 1 aromatic heterocycles. The van der Waals surface area contributed by atoms with Gasteiger partial charge in [0.2, 0.25) is 6.41 Å². The summed E-state index contributed by atoms with van der Waals surface area (Å²) in [7, 11) is 1.63. The lowest BCUT2D eigenvalue weighted by atomic mass is 9.76. The summed E-state index contributed by atoms with van der Waals surface area (Å²) >= 11 is 0. The van der Waals surface area contributed by atoms with Crippen LogP contribution in [-0.2, 0) is 17.6 Å². The van der Waals surface area contributed by atoms with Crippen LogP contribution in [0.5, 0.6) is 0 Å². The predicted octanol–water partition coefficient (Wildman–Crippen LogP) is 4.31. The highest BCUT2D eigenvalue weighted by Gasteiger charge is 2.30. The summed E-state index contributed by atoms with van der Waals surface area (Å²) in [6.07, 6.45) is 7.29. The molecule has 2 N–H and O–H groups in total. The molecule has 0 saturated heterocycles. The quantitative estimate of drug-likeness (QED) is 0.386. The maximum atomic E-state index is 11.2. The highest BCUT2D eigenvalue weighted by Crippen LogP contribution is 2.41. The average Bonchev–Trinajstić information content (AvgIpc) is 2.80. The van der Waals surface area contributed by atoms with Gasteiger partial charge in [0, 0.05) is 19.4 Å². The van der Waals surface area contributed by atoms with Gasteiger partial charge in [0.15, 0.2) is 5.96 Å². The van der Waals surface area contributed by atoms with Gasteiger partial charge in [-0.2, -0.15) is 0 Å². The smallest absolute Gasteiger partial charge is 0.216 e. The van der Waals surface area contributed by atoms with E-state index < -0.39 is 0 Å². The number of rotatable bonds is 5. The molecular formula is C26H28N4O. The lowest BCUT2D eigenvalue weighted by molar-refractivity contribution is -0.114. The van der Waals surface area contributed by atoms with Gasteiger partial charge in [-0.15, -0.1) is 0 Å². The molecule has 5 nitrogen and oxygen atoms in total. The Bertz CT molecular complexity index is 1090. The SMILES string of the molecule is Cc1cccc(-c2ccc3c(c2)C(N=C(N)N(C)C=O)[C@@H](Cc2cccnc2)CC3)c1. The zero-order valence-corrected chi connectivity index (χ0v) is 18.0. The zero-order valence-electron chi connectivity index (χ0n) is 18.0. The Morgan fingerprint density at radius 2 is 2.03 bits per heavy atom. The van der Waals surface area contributed by atoms with Crippen LogP contribution in [0.2, 0.25) is 0 Å². The van der Waals surface area contributed by atoms with Gasteiger partial charge >= 0.3 is 0 Å². The number of carbonyl (C=O) groups excluding carboxylic acids is 1. The van der Waals surface area contributed by atoms with Crippen molar-refractivity contribution in [1.82, 2.24) is 9.88 Å². The molecule has 2 aromatic carbocycles. The monoisotopic (exact) mass is 412 g/mol. The fourth-order valence-corrected chi connectivity index (χ4v) is 4.35. The largest absolute Gasteiger partial charge is 0.369 e. The van der Waals surface area contributed by atoms with E-state index in [9.17, 15) is 4.79 Å². The predicted molar refractivity (Wildman–Crippen MR) is 125 cm³/mol. The topological polar surface area (TPSA) is 71.6 Å². The molecule has 1 unspecified atom stereocenters. The molecule has 1 aliphatic rings. The molecule has 0 fully saturated rings. The highest BCUT2D eigenvalue weighted by atomic mass is 16.1. The highest BCUT2D eigenvalue weighted by molar-refractivity contribution is 5.87. The number of hydrogen-bond donors (Lipinski definition) is 1. The van der Waals surface area contributed by atoms with E-state index in [0.29, 0.717) is 6.41 Å². The van der Waals surface area contributed by atoms with E-state index in [2.05, 4.69) is 60.4 Å². The molecule has 0 aliphatic heterocycles. The van der Waals surface area contributed by atoms with Gasteiger partial charge in [-0.3, -0.25) is 14.7 Å². The van der Waals surface area contributed by atoms with Gasteiger partial charge in [-0.25, -0.2) is 4.99 Å². The first-order valence-corrected chi connectivity index (χ1v) is 10.7. The standard InChI is InChI=1S/C26H28N4O/c1-18-5-3-7-21(13-18)22-10-8-20-9-11-23(14-19-6-4-12-28-16-19)25(24(20)15-22)29-26(27)30(2)17-31/h3-8,10,12-13,15-17,23,25H,9,11,14H2,1-2H3,(H2,27,29)/t23-,25?/m1/s1. The van der Waals surface area contributed by atoms with Crippen molar-refractivity contribution in [3.63, 3.8) is 0 Å². The van der Waals surface area contributed by atoms with Crippen LogP contribution in [0.15, 0.2) is 72.0 Å². The number of aliphatic imine (C=N–C) groups is 1. The first-order chi connectivity index (χ1) is 15.0. The molecule has 1 aliphatic carbocycles. The van der Waals surface area contributed by atoms with Crippen LogP contribution in [0.25, 0.3) is 11.1 Å². The third kappa shape index (κ3) is 4.66. The summed E-state index contributed by atoms with van der Waals surface area (Å²) in [5.41, 5.74) is 13.5. The van der Waals surface area contributed by atoms with Crippen molar-refractivity contribution in [3.8, 4) is 11.1 Å². The number of pyridine rings is 1. The van der Waals surface area contributed by atoms with Crippen LogP contribution in [0.4, 0.5) is 0 Å². The minimum atomic E-state index is -0.115.